The summed E-state index contributed by atoms with van der Waals surface area (Å²) in [4.78, 5) is 9.63. The maximum atomic E-state index is 5.38. The SMILES string of the molecule is CCNC(=NCC1CCN(c2cccc(OC)c2)C1)N(C)Cc1cn(C)nc1C(C)C.I. The first-order chi connectivity index (χ1) is 14.9. The lowest BCUT2D eigenvalue weighted by Gasteiger charge is -2.23. The molecule has 0 aliphatic carbocycles. The molecule has 1 aliphatic rings. The highest BCUT2D eigenvalue weighted by atomic mass is 127. The van der Waals surface area contributed by atoms with E-state index in [-0.39, 0.29) is 24.0 Å². The van der Waals surface area contributed by atoms with Gasteiger partial charge in [0.1, 0.15) is 5.75 Å². The summed E-state index contributed by atoms with van der Waals surface area (Å²) >= 11 is 0. The molecule has 1 aliphatic heterocycles. The topological polar surface area (TPSA) is 57.9 Å². The smallest absolute Gasteiger partial charge is 0.193 e. The van der Waals surface area contributed by atoms with Crippen molar-refractivity contribution in [1.82, 2.24) is 20.0 Å². The minimum Gasteiger partial charge on any atom is -0.497 e. The van der Waals surface area contributed by atoms with E-state index < -0.39 is 0 Å². The molecule has 1 fully saturated rings. The molecule has 178 valence electrons. The highest BCUT2D eigenvalue weighted by Crippen LogP contribution is 2.27. The first-order valence-corrected chi connectivity index (χ1v) is 11.3. The maximum Gasteiger partial charge on any atom is 0.193 e. The molecule has 3 rings (SSSR count). The second-order valence-electron chi connectivity index (χ2n) is 8.72. The van der Waals surface area contributed by atoms with Crippen molar-refractivity contribution in [3.8, 4) is 5.75 Å². The van der Waals surface area contributed by atoms with E-state index >= 15 is 0 Å². The third kappa shape index (κ3) is 6.76. The molecule has 7 nitrogen and oxygen atoms in total. The summed E-state index contributed by atoms with van der Waals surface area (Å²) in [6.07, 6.45) is 3.28. The molecule has 0 saturated carbocycles. The van der Waals surface area contributed by atoms with Gasteiger partial charge >= 0.3 is 0 Å². The number of benzene rings is 1. The number of anilines is 1. The van der Waals surface area contributed by atoms with Crippen LogP contribution < -0.4 is 15.0 Å². The van der Waals surface area contributed by atoms with Gasteiger partial charge in [0.15, 0.2) is 5.96 Å². The number of aliphatic imine (C=N–C) groups is 1. The van der Waals surface area contributed by atoms with Crippen molar-refractivity contribution in [2.24, 2.45) is 18.0 Å². The monoisotopic (exact) mass is 554 g/mol. The molecular weight excluding hydrogens is 515 g/mol. The standard InChI is InChI=1S/C24H38N6O.HI/c1-7-25-24(28(4)16-20-17-29(5)27-23(20)18(2)3)26-14-19-11-12-30(15-19)21-9-8-10-22(13-21)31-6;/h8-10,13,17-19H,7,11-12,14-16H2,1-6H3,(H,25,26);1H. The van der Waals surface area contributed by atoms with E-state index in [0.29, 0.717) is 11.8 Å². The van der Waals surface area contributed by atoms with Gasteiger partial charge in [0.25, 0.3) is 0 Å². The molecule has 1 unspecified atom stereocenters. The minimum atomic E-state index is 0. The molecule has 1 N–H and O–H groups in total. The number of aromatic nitrogens is 2. The number of ether oxygens (including phenoxy) is 1. The van der Waals surface area contributed by atoms with Crippen molar-refractivity contribution < 1.29 is 4.74 Å². The molecule has 8 heteroatoms. The first-order valence-electron chi connectivity index (χ1n) is 11.3. The van der Waals surface area contributed by atoms with Crippen molar-refractivity contribution in [2.45, 2.75) is 39.7 Å². The number of nitrogens with one attached hydrogen (secondary N) is 1. The Balaban J connectivity index is 0.00000363. The van der Waals surface area contributed by atoms with Crippen LogP contribution in [0.1, 0.15) is 44.4 Å². The molecular formula is C24H39IN6O. The molecule has 1 saturated heterocycles. The van der Waals surface area contributed by atoms with E-state index in [4.69, 9.17) is 9.73 Å². The highest BCUT2D eigenvalue weighted by molar-refractivity contribution is 14.0. The van der Waals surface area contributed by atoms with Crippen LogP contribution in [0.5, 0.6) is 5.75 Å². The van der Waals surface area contributed by atoms with Gasteiger partial charge in [0, 0.05) is 70.3 Å². The first kappa shape index (κ1) is 26.3. The highest BCUT2D eigenvalue weighted by Gasteiger charge is 2.23. The summed E-state index contributed by atoms with van der Waals surface area (Å²) in [5.41, 5.74) is 3.65. The zero-order valence-corrected chi connectivity index (χ0v) is 22.7. The Bertz CT molecular complexity index is 881. The Morgan fingerprint density at radius 3 is 2.84 bits per heavy atom. The van der Waals surface area contributed by atoms with Crippen LogP contribution in [0.15, 0.2) is 35.5 Å². The van der Waals surface area contributed by atoms with Crippen LogP contribution in [0, 0.1) is 5.92 Å². The fourth-order valence-corrected chi connectivity index (χ4v) is 4.20. The van der Waals surface area contributed by atoms with E-state index in [0.717, 1.165) is 56.5 Å². The summed E-state index contributed by atoms with van der Waals surface area (Å²) in [5.74, 6) is 2.83. The lowest BCUT2D eigenvalue weighted by Crippen LogP contribution is -2.39. The number of methoxy groups -OCH3 is 1. The summed E-state index contributed by atoms with van der Waals surface area (Å²) < 4.78 is 7.29. The average Bonchev–Trinajstić information content (AvgIpc) is 3.37. The van der Waals surface area contributed by atoms with Gasteiger partial charge in [-0.2, -0.15) is 5.10 Å². The molecule has 0 amide bonds. The third-order valence-corrected chi connectivity index (χ3v) is 5.79. The van der Waals surface area contributed by atoms with Crippen LogP contribution >= 0.6 is 24.0 Å². The summed E-state index contributed by atoms with van der Waals surface area (Å²) in [7, 11) is 5.81. The molecule has 1 aromatic heterocycles. The number of halogens is 1. The van der Waals surface area contributed by atoms with Crippen molar-refractivity contribution in [1.29, 1.82) is 0 Å². The fraction of sp³-hybridized carbons (Fsp3) is 0.583. The summed E-state index contributed by atoms with van der Waals surface area (Å²) in [6, 6.07) is 8.32. The lowest BCUT2D eigenvalue weighted by molar-refractivity contribution is 0.415. The number of hydrogen-bond donors (Lipinski definition) is 1. The Labute approximate surface area is 210 Å². The van der Waals surface area contributed by atoms with Crippen LogP contribution in [0.2, 0.25) is 0 Å². The Kier molecular flexibility index (Phi) is 10.1. The predicted molar refractivity (Wildman–Crippen MR) is 143 cm³/mol. The average molecular weight is 555 g/mol. The minimum absolute atomic E-state index is 0. The maximum absolute atomic E-state index is 5.38. The number of aryl methyl sites for hydroxylation is 1. The van der Waals surface area contributed by atoms with E-state index in [1.165, 1.54) is 11.3 Å². The van der Waals surface area contributed by atoms with Gasteiger partial charge in [-0.1, -0.05) is 19.9 Å². The second kappa shape index (κ2) is 12.3. The van der Waals surface area contributed by atoms with E-state index in [9.17, 15) is 0 Å². The number of rotatable bonds is 8. The van der Waals surface area contributed by atoms with Crippen molar-refractivity contribution in [3.05, 3.63) is 41.7 Å². The van der Waals surface area contributed by atoms with Gasteiger partial charge < -0.3 is 19.9 Å². The quantitative estimate of drug-likeness (QED) is 0.303. The van der Waals surface area contributed by atoms with Gasteiger partial charge in [-0.3, -0.25) is 9.67 Å². The lowest BCUT2D eigenvalue weighted by atomic mass is 10.1. The van der Waals surface area contributed by atoms with Gasteiger partial charge in [-0.25, -0.2) is 0 Å². The van der Waals surface area contributed by atoms with Gasteiger partial charge in [0.05, 0.1) is 12.8 Å². The third-order valence-electron chi connectivity index (χ3n) is 5.79. The van der Waals surface area contributed by atoms with Crippen LogP contribution in [0.4, 0.5) is 5.69 Å². The van der Waals surface area contributed by atoms with Gasteiger partial charge in [0.2, 0.25) is 0 Å². The number of nitrogens with zero attached hydrogens (tertiary/aromatic N) is 5. The van der Waals surface area contributed by atoms with Crippen molar-refractivity contribution in [2.75, 3.05) is 45.2 Å². The second-order valence-corrected chi connectivity index (χ2v) is 8.72. The Morgan fingerprint density at radius 2 is 2.16 bits per heavy atom. The van der Waals surface area contributed by atoms with Crippen LogP contribution in [-0.4, -0.2) is 61.0 Å². The molecule has 2 aromatic rings. The van der Waals surface area contributed by atoms with Gasteiger partial charge in [-0.15, -0.1) is 24.0 Å². The number of guanidine groups is 1. The number of hydrogen-bond acceptors (Lipinski definition) is 4. The zero-order valence-electron chi connectivity index (χ0n) is 20.3. The zero-order chi connectivity index (χ0) is 22.4. The van der Waals surface area contributed by atoms with Gasteiger partial charge in [-0.05, 0) is 37.3 Å². The van der Waals surface area contributed by atoms with Crippen LogP contribution in [0.25, 0.3) is 0 Å². The predicted octanol–water partition coefficient (Wildman–Crippen LogP) is 4.09. The molecule has 0 spiro atoms. The van der Waals surface area contributed by atoms with Crippen LogP contribution in [-0.2, 0) is 13.6 Å². The fourth-order valence-electron chi connectivity index (χ4n) is 4.20. The van der Waals surface area contributed by atoms with E-state index in [1.807, 2.05) is 17.8 Å². The van der Waals surface area contributed by atoms with E-state index in [2.05, 4.69) is 72.4 Å². The van der Waals surface area contributed by atoms with Crippen LogP contribution in [0.3, 0.4) is 0 Å². The Hall–Kier alpha value is -1.97. The molecule has 32 heavy (non-hydrogen) atoms. The Morgan fingerprint density at radius 1 is 1.38 bits per heavy atom. The summed E-state index contributed by atoms with van der Waals surface area (Å²) in [5, 5.41) is 8.10. The van der Waals surface area contributed by atoms with Crippen molar-refractivity contribution in [3.63, 3.8) is 0 Å². The largest absolute Gasteiger partial charge is 0.497 e. The molecule has 0 radical (unpaired) electrons. The van der Waals surface area contributed by atoms with E-state index in [1.54, 1.807) is 7.11 Å². The molecule has 2 heterocycles. The molecule has 0 bridgehead atoms. The molecule has 1 aromatic carbocycles. The summed E-state index contributed by atoms with van der Waals surface area (Å²) in [6.45, 7) is 11.1. The van der Waals surface area contributed by atoms with Crippen molar-refractivity contribution >= 4 is 35.6 Å². The normalized spacial score (nSPS) is 16.3. The molecule has 1 atom stereocenters.